The van der Waals surface area contributed by atoms with E-state index < -0.39 is 0 Å². The van der Waals surface area contributed by atoms with Crippen LogP contribution in [0.2, 0.25) is 0 Å². The van der Waals surface area contributed by atoms with E-state index >= 15 is 0 Å². The Bertz CT molecular complexity index is 484. The van der Waals surface area contributed by atoms with Crippen LogP contribution in [0.1, 0.15) is 30.3 Å². The maximum absolute atomic E-state index is 13.6. The molecule has 0 saturated heterocycles. The molecule has 3 nitrogen and oxygen atoms in total. The van der Waals surface area contributed by atoms with Gasteiger partial charge in [-0.25, -0.2) is 4.39 Å². The fourth-order valence-electron chi connectivity index (χ4n) is 1.93. The molecule has 1 heterocycles. The van der Waals surface area contributed by atoms with Crippen molar-refractivity contribution in [1.82, 2.24) is 5.32 Å². The van der Waals surface area contributed by atoms with Crippen molar-refractivity contribution < 1.29 is 13.9 Å². The number of aliphatic hydroxyl groups is 1. The van der Waals surface area contributed by atoms with Crippen LogP contribution in [0, 0.1) is 5.82 Å². The zero-order chi connectivity index (χ0) is 13.0. The van der Waals surface area contributed by atoms with Crippen molar-refractivity contribution in [1.29, 1.82) is 0 Å². The van der Waals surface area contributed by atoms with Crippen molar-refractivity contribution in [3.8, 4) is 0 Å². The monoisotopic (exact) mass is 249 g/mol. The van der Waals surface area contributed by atoms with Crippen LogP contribution in [0.15, 0.2) is 47.1 Å². The molecule has 0 aliphatic rings. The summed E-state index contributed by atoms with van der Waals surface area (Å²) in [4.78, 5) is 0. The lowest BCUT2D eigenvalue weighted by Crippen LogP contribution is -2.27. The zero-order valence-corrected chi connectivity index (χ0v) is 10.1. The van der Waals surface area contributed by atoms with Crippen molar-refractivity contribution in [2.45, 2.75) is 19.0 Å². The molecule has 4 heteroatoms. The van der Waals surface area contributed by atoms with Gasteiger partial charge in [-0.2, -0.15) is 0 Å². The molecule has 2 N–H and O–H groups in total. The van der Waals surface area contributed by atoms with Crippen molar-refractivity contribution in [2.75, 3.05) is 6.61 Å². The SMILES string of the molecule is CC(NC(CO)c1ccco1)c1ccccc1F. The number of rotatable bonds is 5. The zero-order valence-electron chi connectivity index (χ0n) is 10.1. The Morgan fingerprint density at radius 2 is 2.06 bits per heavy atom. The third kappa shape index (κ3) is 2.78. The van der Waals surface area contributed by atoms with Gasteiger partial charge in [0.25, 0.3) is 0 Å². The van der Waals surface area contributed by atoms with E-state index in [1.165, 1.54) is 6.07 Å². The maximum Gasteiger partial charge on any atom is 0.127 e. The molecule has 0 radical (unpaired) electrons. The third-order valence-corrected chi connectivity index (χ3v) is 2.89. The molecule has 0 fully saturated rings. The van der Waals surface area contributed by atoms with Gasteiger partial charge < -0.3 is 9.52 Å². The Morgan fingerprint density at radius 1 is 1.28 bits per heavy atom. The van der Waals surface area contributed by atoms with Gasteiger partial charge in [-0.3, -0.25) is 5.32 Å². The van der Waals surface area contributed by atoms with E-state index in [4.69, 9.17) is 4.42 Å². The highest BCUT2D eigenvalue weighted by molar-refractivity contribution is 5.21. The van der Waals surface area contributed by atoms with Gasteiger partial charge in [0.05, 0.1) is 18.9 Å². The maximum atomic E-state index is 13.6. The summed E-state index contributed by atoms with van der Waals surface area (Å²) in [6.07, 6.45) is 1.55. The first-order valence-corrected chi connectivity index (χ1v) is 5.87. The Labute approximate surface area is 105 Å². The predicted molar refractivity (Wildman–Crippen MR) is 66.5 cm³/mol. The van der Waals surface area contributed by atoms with Crippen molar-refractivity contribution in [3.05, 3.63) is 59.8 Å². The number of nitrogens with one attached hydrogen (secondary N) is 1. The first kappa shape index (κ1) is 12.8. The smallest absolute Gasteiger partial charge is 0.127 e. The van der Waals surface area contributed by atoms with Crippen LogP contribution in [0.5, 0.6) is 0 Å². The van der Waals surface area contributed by atoms with Crippen LogP contribution in [0.4, 0.5) is 4.39 Å². The fraction of sp³-hybridized carbons (Fsp3) is 0.286. The summed E-state index contributed by atoms with van der Waals surface area (Å²) in [5, 5.41) is 12.5. The number of hydrogen-bond donors (Lipinski definition) is 2. The van der Waals surface area contributed by atoms with E-state index in [9.17, 15) is 9.50 Å². The molecule has 96 valence electrons. The molecule has 0 aliphatic carbocycles. The van der Waals surface area contributed by atoms with E-state index in [2.05, 4.69) is 5.32 Å². The molecule has 0 saturated carbocycles. The Morgan fingerprint density at radius 3 is 2.67 bits per heavy atom. The van der Waals surface area contributed by atoms with Gasteiger partial charge in [0, 0.05) is 11.6 Å². The highest BCUT2D eigenvalue weighted by atomic mass is 19.1. The number of hydrogen-bond acceptors (Lipinski definition) is 3. The van der Waals surface area contributed by atoms with Crippen LogP contribution in [0.3, 0.4) is 0 Å². The summed E-state index contributed by atoms with van der Waals surface area (Å²) in [6.45, 7) is 1.75. The second-order valence-electron chi connectivity index (χ2n) is 4.16. The summed E-state index contributed by atoms with van der Waals surface area (Å²) in [5.74, 6) is 0.384. The van der Waals surface area contributed by atoms with E-state index in [-0.39, 0.29) is 24.5 Å². The normalized spacial score (nSPS) is 14.4. The molecule has 1 aromatic carbocycles. The minimum Gasteiger partial charge on any atom is -0.468 e. The summed E-state index contributed by atoms with van der Waals surface area (Å²) in [7, 11) is 0. The second-order valence-corrected chi connectivity index (χ2v) is 4.16. The Kier molecular flexibility index (Phi) is 4.12. The molecular weight excluding hydrogens is 233 g/mol. The summed E-state index contributed by atoms with van der Waals surface area (Å²) < 4.78 is 18.8. The third-order valence-electron chi connectivity index (χ3n) is 2.89. The highest BCUT2D eigenvalue weighted by Gasteiger charge is 2.18. The molecule has 0 bridgehead atoms. The number of benzene rings is 1. The first-order chi connectivity index (χ1) is 8.72. The summed E-state index contributed by atoms with van der Waals surface area (Å²) in [5.41, 5.74) is 0.572. The highest BCUT2D eigenvalue weighted by Crippen LogP contribution is 2.21. The van der Waals surface area contributed by atoms with Crippen LogP contribution in [-0.4, -0.2) is 11.7 Å². The number of furan rings is 1. The second kappa shape index (κ2) is 5.80. The van der Waals surface area contributed by atoms with Gasteiger partial charge in [0.2, 0.25) is 0 Å². The number of halogens is 1. The van der Waals surface area contributed by atoms with E-state index in [0.717, 1.165) is 0 Å². The van der Waals surface area contributed by atoms with Gasteiger partial charge in [-0.05, 0) is 25.1 Å². The van der Waals surface area contributed by atoms with Crippen LogP contribution in [0.25, 0.3) is 0 Å². The quantitative estimate of drug-likeness (QED) is 0.856. The minimum absolute atomic E-state index is 0.105. The molecule has 2 atom stereocenters. The van der Waals surface area contributed by atoms with Gasteiger partial charge in [-0.15, -0.1) is 0 Å². The molecule has 2 aromatic rings. The molecular formula is C14H16FNO2. The lowest BCUT2D eigenvalue weighted by Gasteiger charge is -2.20. The molecule has 2 rings (SSSR count). The van der Waals surface area contributed by atoms with Gasteiger partial charge in [0.15, 0.2) is 0 Å². The fourth-order valence-corrected chi connectivity index (χ4v) is 1.93. The lowest BCUT2D eigenvalue weighted by atomic mass is 10.1. The van der Waals surface area contributed by atoms with Crippen LogP contribution < -0.4 is 5.32 Å². The average molecular weight is 249 g/mol. The lowest BCUT2D eigenvalue weighted by molar-refractivity contribution is 0.216. The molecule has 0 amide bonds. The minimum atomic E-state index is -0.338. The van der Waals surface area contributed by atoms with Gasteiger partial charge >= 0.3 is 0 Å². The summed E-state index contributed by atoms with van der Waals surface area (Å²) >= 11 is 0. The van der Waals surface area contributed by atoms with Crippen LogP contribution >= 0.6 is 0 Å². The Balaban J connectivity index is 2.11. The van der Waals surface area contributed by atoms with Crippen molar-refractivity contribution in [3.63, 3.8) is 0 Å². The first-order valence-electron chi connectivity index (χ1n) is 5.87. The summed E-state index contributed by atoms with van der Waals surface area (Å²) in [6, 6.07) is 9.58. The Hall–Kier alpha value is -1.65. The topological polar surface area (TPSA) is 45.4 Å². The molecule has 2 unspecified atom stereocenters. The standard InChI is InChI=1S/C14H16FNO2/c1-10(11-5-2-3-6-12(11)15)16-13(9-17)14-7-4-8-18-14/h2-8,10,13,16-17H,9H2,1H3. The van der Waals surface area contributed by atoms with Gasteiger partial charge in [0.1, 0.15) is 11.6 Å². The molecule has 0 aliphatic heterocycles. The van der Waals surface area contributed by atoms with Crippen LogP contribution in [-0.2, 0) is 0 Å². The number of aliphatic hydroxyl groups excluding tert-OH is 1. The molecule has 0 spiro atoms. The van der Waals surface area contributed by atoms with Crippen molar-refractivity contribution >= 4 is 0 Å². The van der Waals surface area contributed by atoms with E-state index in [1.54, 1.807) is 36.6 Å². The molecule has 1 aromatic heterocycles. The average Bonchev–Trinajstić information content (AvgIpc) is 2.90. The van der Waals surface area contributed by atoms with Gasteiger partial charge in [-0.1, -0.05) is 18.2 Å². The largest absolute Gasteiger partial charge is 0.468 e. The predicted octanol–water partition coefficient (Wildman–Crippen LogP) is 2.80. The van der Waals surface area contributed by atoms with Crippen molar-refractivity contribution in [2.24, 2.45) is 0 Å². The van der Waals surface area contributed by atoms with E-state index in [0.29, 0.717) is 11.3 Å². The van der Waals surface area contributed by atoms with E-state index in [1.807, 2.05) is 6.92 Å². The molecule has 18 heavy (non-hydrogen) atoms.